The van der Waals surface area contributed by atoms with Crippen LogP contribution in [0.1, 0.15) is 39.5 Å². The van der Waals surface area contributed by atoms with E-state index in [4.69, 9.17) is 4.42 Å². The third kappa shape index (κ3) is 6.21. The van der Waals surface area contributed by atoms with Crippen molar-refractivity contribution in [3.63, 3.8) is 0 Å². The van der Waals surface area contributed by atoms with Gasteiger partial charge in [-0.05, 0) is 22.8 Å². The van der Waals surface area contributed by atoms with Gasteiger partial charge in [-0.15, -0.1) is 0 Å². The van der Waals surface area contributed by atoms with E-state index in [1.54, 1.807) is 11.0 Å². The second-order valence-electron chi connectivity index (χ2n) is 9.61. The average Bonchev–Trinajstić information content (AvgIpc) is 3.52. The highest BCUT2D eigenvalue weighted by molar-refractivity contribution is 5.94. The minimum Gasteiger partial charge on any atom is -0.472 e. The van der Waals surface area contributed by atoms with Gasteiger partial charge in [0.05, 0.1) is 17.9 Å². The summed E-state index contributed by atoms with van der Waals surface area (Å²) < 4.78 is 5.12. The van der Waals surface area contributed by atoms with Crippen molar-refractivity contribution >= 4 is 11.8 Å². The molecule has 4 aromatic rings. The molecule has 0 unspecified atom stereocenters. The third-order valence-corrected chi connectivity index (χ3v) is 7.13. The second-order valence-corrected chi connectivity index (χ2v) is 9.61. The maximum absolute atomic E-state index is 13.2. The van der Waals surface area contributed by atoms with Gasteiger partial charge in [0.2, 0.25) is 5.91 Å². The SMILES string of the molecule is O=C(CCN(Cc1ccccc1)C(=O)c1ccoc1)N1CCN(C(c2ccccc2)c2ccccc2)CC1. The van der Waals surface area contributed by atoms with E-state index in [2.05, 4.69) is 53.4 Å². The summed E-state index contributed by atoms with van der Waals surface area (Å²) in [6.07, 6.45) is 3.24. The van der Waals surface area contributed by atoms with Crippen molar-refractivity contribution in [2.45, 2.75) is 19.0 Å². The number of furan rings is 1. The molecular formula is C32H33N3O3. The molecule has 3 aromatic carbocycles. The van der Waals surface area contributed by atoms with Crippen molar-refractivity contribution in [2.75, 3.05) is 32.7 Å². The van der Waals surface area contributed by atoms with Gasteiger partial charge in [0, 0.05) is 45.7 Å². The lowest BCUT2D eigenvalue weighted by molar-refractivity contribution is -0.133. The molecule has 1 fully saturated rings. The van der Waals surface area contributed by atoms with Crippen LogP contribution in [0.25, 0.3) is 0 Å². The van der Waals surface area contributed by atoms with Crippen LogP contribution in [0.3, 0.4) is 0 Å². The van der Waals surface area contributed by atoms with Gasteiger partial charge in [-0.2, -0.15) is 0 Å². The second kappa shape index (κ2) is 12.4. The number of benzene rings is 3. The molecule has 2 amide bonds. The van der Waals surface area contributed by atoms with E-state index < -0.39 is 0 Å². The maximum Gasteiger partial charge on any atom is 0.257 e. The van der Waals surface area contributed by atoms with Crippen LogP contribution in [-0.4, -0.2) is 59.2 Å². The summed E-state index contributed by atoms with van der Waals surface area (Å²) in [6, 6.07) is 32.8. The van der Waals surface area contributed by atoms with Crippen LogP contribution < -0.4 is 0 Å². The zero-order valence-corrected chi connectivity index (χ0v) is 21.5. The Morgan fingerprint density at radius 3 is 1.89 bits per heavy atom. The maximum atomic E-state index is 13.2. The number of piperazine rings is 1. The van der Waals surface area contributed by atoms with E-state index >= 15 is 0 Å². The highest BCUT2D eigenvalue weighted by Crippen LogP contribution is 2.29. The largest absolute Gasteiger partial charge is 0.472 e. The van der Waals surface area contributed by atoms with Crippen molar-refractivity contribution in [3.8, 4) is 0 Å². The van der Waals surface area contributed by atoms with E-state index in [0.717, 1.165) is 18.7 Å². The molecule has 38 heavy (non-hydrogen) atoms. The Morgan fingerprint density at radius 1 is 0.763 bits per heavy atom. The zero-order valence-electron chi connectivity index (χ0n) is 21.5. The highest BCUT2D eigenvalue weighted by Gasteiger charge is 2.28. The summed E-state index contributed by atoms with van der Waals surface area (Å²) in [5.74, 6) is -0.0486. The molecule has 0 N–H and O–H groups in total. The van der Waals surface area contributed by atoms with Crippen LogP contribution in [0, 0.1) is 0 Å². The zero-order chi connectivity index (χ0) is 26.2. The predicted octanol–water partition coefficient (Wildman–Crippen LogP) is 5.25. The van der Waals surface area contributed by atoms with Crippen molar-refractivity contribution < 1.29 is 14.0 Å². The fraction of sp³-hybridized carbons (Fsp3) is 0.250. The quantitative estimate of drug-likeness (QED) is 0.311. The molecule has 0 saturated carbocycles. The molecule has 0 atom stereocenters. The van der Waals surface area contributed by atoms with Gasteiger partial charge in [-0.3, -0.25) is 14.5 Å². The van der Waals surface area contributed by atoms with Gasteiger partial charge in [0.1, 0.15) is 6.26 Å². The third-order valence-electron chi connectivity index (χ3n) is 7.13. The van der Waals surface area contributed by atoms with Crippen molar-refractivity contribution in [1.29, 1.82) is 0 Å². The fourth-order valence-electron chi connectivity index (χ4n) is 5.13. The summed E-state index contributed by atoms with van der Waals surface area (Å²) in [5.41, 5.74) is 4.04. The van der Waals surface area contributed by atoms with Gasteiger partial charge in [-0.1, -0.05) is 91.0 Å². The molecule has 1 aliphatic rings. The van der Waals surface area contributed by atoms with Crippen molar-refractivity contribution in [2.24, 2.45) is 0 Å². The first kappa shape index (κ1) is 25.5. The molecule has 2 heterocycles. The number of hydrogen-bond donors (Lipinski definition) is 0. The highest BCUT2D eigenvalue weighted by atomic mass is 16.3. The Labute approximate surface area is 224 Å². The van der Waals surface area contributed by atoms with E-state index in [1.807, 2.05) is 47.4 Å². The van der Waals surface area contributed by atoms with E-state index in [1.165, 1.54) is 23.7 Å². The van der Waals surface area contributed by atoms with Crippen LogP contribution in [0.4, 0.5) is 0 Å². The van der Waals surface area contributed by atoms with Crippen LogP contribution in [-0.2, 0) is 11.3 Å². The molecule has 1 aliphatic heterocycles. The number of carbonyl (C=O) groups is 2. The number of rotatable bonds is 9. The van der Waals surface area contributed by atoms with Crippen LogP contribution in [0.2, 0.25) is 0 Å². The molecule has 194 valence electrons. The predicted molar refractivity (Wildman–Crippen MR) is 147 cm³/mol. The van der Waals surface area contributed by atoms with E-state index in [9.17, 15) is 9.59 Å². The molecule has 5 rings (SSSR count). The summed E-state index contributed by atoms with van der Waals surface area (Å²) in [6.45, 7) is 3.73. The van der Waals surface area contributed by atoms with Gasteiger partial charge in [0.15, 0.2) is 0 Å². The molecule has 0 spiro atoms. The number of nitrogens with zero attached hydrogens (tertiary/aromatic N) is 3. The fourth-order valence-corrected chi connectivity index (χ4v) is 5.13. The molecule has 1 aromatic heterocycles. The number of amides is 2. The molecular weight excluding hydrogens is 474 g/mol. The Bertz CT molecular complexity index is 1250. The van der Waals surface area contributed by atoms with E-state index in [-0.39, 0.29) is 24.3 Å². The minimum atomic E-state index is -0.131. The Morgan fingerprint density at radius 2 is 1.34 bits per heavy atom. The molecule has 0 radical (unpaired) electrons. The Kier molecular flexibility index (Phi) is 8.31. The topological polar surface area (TPSA) is 57.0 Å². The first-order chi connectivity index (χ1) is 18.7. The van der Waals surface area contributed by atoms with Crippen LogP contribution in [0.5, 0.6) is 0 Å². The standard InChI is InChI=1S/C32H33N3O3/c36-30(16-18-35(24-26-10-4-1-5-11-26)32(37)29-17-23-38-25-29)33-19-21-34(22-20-33)31(27-12-6-2-7-13-27)28-14-8-3-9-15-28/h1-15,17,23,25,31H,16,18-22,24H2. The Balaban J connectivity index is 1.21. The summed E-state index contributed by atoms with van der Waals surface area (Å²) >= 11 is 0. The lowest BCUT2D eigenvalue weighted by atomic mass is 9.96. The lowest BCUT2D eigenvalue weighted by Gasteiger charge is -2.40. The van der Waals surface area contributed by atoms with Gasteiger partial charge < -0.3 is 14.2 Å². The number of carbonyl (C=O) groups excluding carboxylic acids is 2. The molecule has 0 bridgehead atoms. The first-order valence-corrected chi connectivity index (χ1v) is 13.2. The molecule has 6 nitrogen and oxygen atoms in total. The summed E-state index contributed by atoms with van der Waals surface area (Å²) in [5, 5.41) is 0. The monoisotopic (exact) mass is 507 g/mol. The minimum absolute atomic E-state index is 0.0821. The lowest BCUT2D eigenvalue weighted by Crippen LogP contribution is -2.50. The van der Waals surface area contributed by atoms with Gasteiger partial charge >= 0.3 is 0 Å². The molecule has 6 heteroatoms. The van der Waals surface area contributed by atoms with Crippen molar-refractivity contribution in [3.05, 3.63) is 132 Å². The normalized spacial score (nSPS) is 14.0. The van der Waals surface area contributed by atoms with Gasteiger partial charge in [-0.25, -0.2) is 0 Å². The number of hydrogen-bond acceptors (Lipinski definition) is 4. The smallest absolute Gasteiger partial charge is 0.257 e. The van der Waals surface area contributed by atoms with Crippen LogP contribution >= 0.6 is 0 Å². The van der Waals surface area contributed by atoms with Gasteiger partial charge in [0.25, 0.3) is 5.91 Å². The van der Waals surface area contributed by atoms with Crippen molar-refractivity contribution in [1.82, 2.24) is 14.7 Å². The Hall–Kier alpha value is -4.16. The van der Waals surface area contributed by atoms with Crippen LogP contribution in [0.15, 0.2) is 114 Å². The summed E-state index contributed by atoms with van der Waals surface area (Å²) in [7, 11) is 0. The molecule has 1 saturated heterocycles. The average molecular weight is 508 g/mol. The first-order valence-electron chi connectivity index (χ1n) is 13.2. The van der Waals surface area contributed by atoms with E-state index in [0.29, 0.717) is 31.7 Å². The summed E-state index contributed by atoms with van der Waals surface area (Å²) in [4.78, 5) is 32.5. The molecule has 0 aliphatic carbocycles.